The van der Waals surface area contributed by atoms with Crippen molar-refractivity contribution in [3.63, 3.8) is 0 Å². The van der Waals surface area contributed by atoms with Gasteiger partial charge in [-0.3, -0.25) is 0 Å². The van der Waals surface area contributed by atoms with Crippen LogP contribution in [0.4, 0.5) is 13.2 Å². The zero-order valence-electron chi connectivity index (χ0n) is 13.9. The van der Waals surface area contributed by atoms with Crippen molar-refractivity contribution in [1.82, 2.24) is 25.0 Å². The molecule has 0 fully saturated rings. The highest BCUT2D eigenvalue weighted by atomic mass is 19.3. The smallest absolute Gasteiger partial charge is 0.317 e. The molecule has 11 heteroatoms. The molecule has 0 saturated heterocycles. The lowest BCUT2D eigenvalue weighted by Gasteiger charge is -2.05. The Morgan fingerprint density at radius 1 is 1.33 bits per heavy atom. The first-order valence-corrected chi connectivity index (χ1v) is 7.62. The minimum absolute atomic E-state index is 0.0341. The summed E-state index contributed by atoms with van der Waals surface area (Å²) < 4.78 is 45.6. The number of nitrogens with zero attached hydrogens (tertiary/aromatic N) is 6. The maximum absolute atomic E-state index is 13.4. The molecular formula is C16H13F3N6O2. The van der Waals surface area contributed by atoms with E-state index in [9.17, 15) is 13.2 Å². The predicted octanol–water partition coefficient (Wildman–Crippen LogP) is 2.91. The van der Waals surface area contributed by atoms with Gasteiger partial charge in [0.25, 0.3) is 6.43 Å². The van der Waals surface area contributed by atoms with Gasteiger partial charge in [-0.15, -0.1) is 5.10 Å². The van der Waals surface area contributed by atoms with Gasteiger partial charge in [-0.05, 0) is 31.2 Å². The highest BCUT2D eigenvalue weighted by Gasteiger charge is 2.15. The van der Waals surface area contributed by atoms with E-state index in [1.165, 1.54) is 23.1 Å². The molecule has 0 spiro atoms. The Labute approximate surface area is 150 Å². The van der Waals surface area contributed by atoms with Crippen molar-refractivity contribution < 1.29 is 23.1 Å². The van der Waals surface area contributed by atoms with Gasteiger partial charge >= 0.3 is 6.01 Å². The predicted molar refractivity (Wildman–Crippen MR) is 86.6 cm³/mol. The minimum Gasteiger partial charge on any atom is -0.457 e. The second kappa shape index (κ2) is 7.81. The molecule has 140 valence electrons. The summed E-state index contributed by atoms with van der Waals surface area (Å²) in [5.41, 5.74) is 0.571. The minimum atomic E-state index is -2.94. The number of oxime groups is 1. The third-order valence-corrected chi connectivity index (χ3v) is 3.52. The van der Waals surface area contributed by atoms with Gasteiger partial charge in [0.15, 0.2) is 0 Å². The van der Waals surface area contributed by atoms with E-state index in [1.807, 2.05) is 0 Å². The third-order valence-electron chi connectivity index (χ3n) is 3.52. The summed E-state index contributed by atoms with van der Waals surface area (Å²) in [6, 6.07) is 4.84. The fraction of sp³-hybridized carbons (Fsp3) is 0.188. The zero-order valence-corrected chi connectivity index (χ0v) is 13.9. The summed E-state index contributed by atoms with van der Waals surface area (Å²) >= 11 is 0. The lowest BCUT2D eigenvalue weighted by atomic mass is 10.2. The van der Waals surface area contributed by atoms with Crippen LogP contribution in [0.1, 0.15) is 30.3 Å². The maximum atomic E-state index is 13.4. The van der Waals surface area contributed by atoms with Crippen LogP contribution < -0.4 is 4.74 Å². The fourth-order valence-corrected chi connectivity index (χ4v) is 2.13. The van der Waals surface area contributed by atoms with Crippen molar-refractivity contribution in [2.75, 3.05) is 0 Å². The van der Waals surface area contributed by atoms with Crippen LogP contribution >= 0.6 is 0 Å². The molecule has 1 N–H and O–H groups in total. The number of rotatable bonds is 6. The number of aromatic nitrogens is 5. The van der Waals surface area contributed by atoms with Crippen molar-refractivity contribution in [2.24, 2.45) is 5.16 Å². The van der Waals surface area contributed by atoms with Crippen LogP contribution in [0, 0.1) is 5.82 Å². The molecule has 2 heterocycles. The second-order valence-electron chi connectivity index (χ2n) is 5.36. The molecule has 0 aliphatic carbocycles. The lowest BCUT2D eigenvalue weighted by Crippen LogP contribution is -2.04. The van der Waals surface area contributed by atoms with Gasteiger partial charge in [0.2, 0.25) is 0 Å². The van der Waals surface area contributed by atoms with Crippen LogP contribution in [0.3, 0.4) is 0 Å². The average Bonchev–Trinajstić information content (AvgIpc) is 3.15. The van der Waals surface area contributed by atoms with E-state index in [4.69, 9.17) is 9.94 Å². The van der Waals surface area contributed by atoms with Crippen molar-refractivity contribution in [3.05, 3.63) is 59.4 Å². The monoisotopic (exact) mass is 378 g/mol. The SMILES string of the molecule is C/C(=N/O)c1ccnc(OCc2cn(-c3ccc(F)c(C(F)F)c3)nn2)n1. The Hall–Kier alpha value is -3.50. The standard InChI is InChI=1S/C16H13F3N6O2/c1-9(23-26)14-4-5-20-16(21-14)27-8-10-7-25(24-22-10)11-2-3-13(17)12(6-11)15(18)19/h2-7,15,26H,8H2,1H3/b23-9-. The number of halogens is 3. The van der Waals surface area contributed by atoms with E-state index in [1.54, 1.807) is 13.0 Å². The van der Waals surface area contributed by atoms with Crippen LogP contribution in [-0.2, 0) is 6.61 Å². The van der Waals surface area contributed by atoms with E-state index in [0.29, 0.717) is 17.1 Å². The molecule has 1 aromatic carbocycles. The van der Waals surface area contributed by atoms with Gasteiger partial charge in [0.1, 0.15) is 23.8 Å². The Balaban J connectivity index is 1.73. The quantitative estimate of drug-likeness (QED) is 0.402. The molecular weight excluding hydrogens is 365 g/mol. The largest absolute Gasteiger partial charge is 0.457 e. The summed E-state index contributed by atoms with van der Waals surface area (Å²) in [5.74, 6) is -0.990. The third kappa shape index (κ3) is 4.19. The number of ether oxygens (including phenoxy) is 1. The van der Waals surface area contributed by atoms with Crippen LogP contribution in [0.5, 0.6) is 6.01 Å². The topological polar surface area (TPSA) is 98.3 Å². The molecule has 3 aromatic rings. The van der Waals surface area contributed by atoms with Crippen molar-refractivity contribution in [3.8, 4) is 11.7 Å². The summed E-state index contributed by atoms with van der Waals surface area (Å²) in [4.78, 5) is 7.99. The normalized spacial score (nSPS) is 11.8. The number of benzene rings is 1. The van der Waals surface area contributed by atoms with E-state index < -0.39 is 17.8 Å². The molecule has 2 aromatic heterocycles. The van der Waals surface area contributed by atoms with Crippen LogP contribution in [-0.4, -0.2) is 35.9 Å². The van der Waals surface area contributed by atoms with Gasteiger partial charge in [0, 0.05) is 6.20 Å². The van der Waals surface area contributed by atoms with E-state index in [-0.39, 0.29) is 18.3 Å². The number of alkyl halides is 2. The fourth-order valence-electron chi connectivity index (χ4n) is 2.13. The molecule has 8 nitrogen and oxygen atoms in total. The second-order valence-corrected chi connectivity index (χ2v) is 5.36. The van der Waals surface area contributed by atoms with Gasteiger partial charge in [-0.1, -0.05) is 10.4 Å². The summed E-state index contributed by atoms with van der Waals surface area (Å²) in [5, 5.41) is 19.5. The van der Waals surface area contributed by atoms with E-state index >= 15 is 0 Å². The molecule has 0 saturated carbocycles. The highest BCUT2D eigenvalue weighted by Crippen LogP contribution is 2.24. The lowest BCUT2D eigenvalue weighted by molar-refractivity contribution is 0.146. The Morgan fingerprint density at radius 3 is 2.89 bits per heavy atom. The van der Waals surface area contributed by atoms with Crippen molar-refractivity contribution in [1.29, 1.82) is 0 Å². The molecule has 0 atom stereocenters. The Bertz CT molecular complexity index is 976. The first kappa shape index (κ1) is 18.3. The van der Waals surface area contributed by atoms with Gasteiger partial charge in [-0.2, -0.15) is 4.98 Å². The molecule has 0 bridgehead atoms. The summed E-state index contributed by atoms with van der Waals surface area (Å²) in [6.07, 6.45) is -0.0491. The average molecular weight is 378 g/mol. The van der Waals surface area contributed by atoms with Crippen molar-refractivity contribution in [2.45, 2.75) is 20.0 Å². The summed E-state index contributed by atoms with van der Waals surface area (Å²) in [7, 11) is 0. The molecule has 0 aliphatic rings. The molecule has 0 aliphatic heterocycles. The first-order chi connectivity index (χ1) is 13.0. The van der Waals surface area contributed by atoms with Crippen LogP contribution in [0.15, 0.2) is 41.8 Å². The number of hydrogen-bond donors (Lipinski definition) is 1. The zero-order chi connectivity index (χ0) is 19.4. The van der Waals surface area contributed by atoms with Gasteiger partial charge in [0.05, 0.1) is 23.1 Å². The molecule has 0 radical (unpaired) electrons. The van der Waals surface area contributed by atoms with Gasteiger partial charge < -0.3 is 9.94 Å². The highest BCUT2D eigenvalue weighted by molar-refractivity contribution is 5.96. The Morgan fingerprint density at radius 2 is 2.15 bits per heavy atom. The van der Waals surface area contributed by atoms with E-state index in [2.05, 4.69) is 25.4 Å². The molecule has 0 unspecified atom stereocenters. The van der Waals surface area contributed by atoms with Crippen LogP contribution in [0.2, 0.25) is 0 Å². The summed E-state index contributed by atoms with van der Waals surface area (Å²) in [6.45, 7) is 1.52. The first-order valence-electron chi connectivity index (χ1n) is 7.62. The van der Waals surface area contributed by atoms with E-state index in [0.717, 1.165) is 12.1 Å². The molecule has 0 amide bonds. The molecule has 3 rings (SSSR count). The van der Waals surface area contributed by atoms with Crippen LogP contribution in [0.25, 0.3) is 5.69 Å². The van der Waals surface area contributed by atoms with Crippen molar-refractivity contribution >= 4 is 5.71 Å². The number of hydrogen-bond acceptors (Lipinski definition) is 7. The maximum Gasteiger partial charge on any atom is 0.317 e. The Kier molecular flexibility index (Phi) is 5.29. The van der Waals surface area contributed by atoms with Gasteiger partial charge in [-0.25, -0.2) is 22.8 Å². The molecule has 27 heavy (non-hydrogen) atoms.